The van der Waals surface area contributed by atoms with Crippen LogP contribution in [0.3, 0.4) is 0 Å². The zero-order valence-corrected chi connectivity index (χ0v) is 11.5. The van der Waals surface area contributed by atoms with Crippen molar-refractivity contribution >= 4 is 29.1 Å². The molecule has 1 aliphatic carbocycles. The fourth-order valence-corrected chi connectivity index (χ4v) is 2.37. The number of rotatable bonds is 4. The quantitative estimate of drug-likeness (QED) is 0.867. The highest BCUT2D eigenvalue weighted by atomic mass is 35.5. The van der Waals surface area contributed by atoms with Gasteiger partial charge in [0, 0.05) is 13.7 Å². The molecule has 2 rings (SSSR count). The molecule has 0 aliphatic heterocycles. The minimum atomic E-state index is -0.257. The van der Waals surface area contributed by atoms with Crippen molar-refractivity contribution in [1.82, 2.24) is 10.3 Å². The van der Waals surface area contributed by atoms with Gasteiger partial charge in [0.15, 0.2) is 0 Å². The average molecular weight is 289 g/mol. The molecule has 0 spiro atoms. The van der Waals surface area contributed by atoms with E-state index in [-0.39, 0.29) is 21.8 Å². The molecule has 18 heavy (non-hydrogen) atoms. The van der Waals surface area contributed by atoms with Crippen molar-refractivity contribution in [2.75, 3.05) is 13.7 Å². The molecule has 0 atom stereocenters. The summed E-state index contributed by atoms with van der Waals surface area (Å²) in [6, 6.07) is 3.10. The lowest BCUT2D eigenvalue weighted by Crippen LogP contribution is -2.49. The largest absolute Gasteiger partial charge is 0.376 e. The lowest BCUT2D eigenvalue weighted by molar-refractivity contribution is -0.0679. The minimum Gasteiger partial charge on any atom is -0.376 e. The number of carbonyl (C=O) groups excluding carboxylic acids is 1. The van der Waals surface area contributed by atoms with Crippen molar-refractivity contribution in [3.8, 4) is 0 Å². The summed E-state index contributed by atoms with van der Waals surface area (Å²) < 4.78 is 5.42. The summed E-state index contributed by atoms with van der Waals surface area (Å²) in [5.74, 6) is -0.257. The summed E-state index contributed by atoms with van der Waals surface area (Å²) in [5.41, 5.74) is 0.119. The number of nitrogens with zero attached hydrogens (tertiary/aromatic N) is 1. The Kier molecular flexibility index (Phi) is 4.10. The van der Waals surface area contributed by atoms with Gasteiger partial charge in [-0.1, -0.05) is 23.2 Å². The van der Waals surface area contributed by atoms with Crippen LogP contribution in [0.15, 0.2) is 12.1 Å². The van der Waals surface area contributed by atoms with Gasteiger partial charge in [-0.2, -0.15) is 0 Å². The van der Waals surface area contributed by atoms with Crippen LogP contribution in [0.5, 0.6) is 0 Å². The van der Waals surface area contributed by atoms with Crippen LogP contribution >= 0.6 is 23.2 Å². The van der Waals surface area contributed by atoms with Crippen LogP contribution in [0.2, 0.25) is 10.3 Å². The molecule has 0 radical (unpaired) electrons. The third-order valence-electron chi connectivity index (χ3n) is 3.33. The molecule has 0 saturated heterocycles. The summed E-state index contributed by atoms with van der Waals surface area (Å²) in [7, 11) is 1.67. The summed E-state index contributed by atoms with van der Waals surface area (Å²) in [4.78, 5) is 15.8. The van der Waals surface area contributed by atoms with E-state index in [2.05, 4.69) is 10.3 Å². The van der Waals surface area contributed by atoms with Crippen LogP contribution in [0.1, 0.15) is 29.6 Å². The van der Waals surface area contributed by atoms with Gasteiger partial charge >= 0.3 is 0 Å². The fourth-order valence-electron chi connectivity index (χ4n) is 1.94. The van der Waals surface area contributed by atoms with E-state index in [1.165, 1.54) is 6.07 Å². The monoisotopic (exact) mass is 288 g/mol. The first-order valence-corrected chi connectivity index (χ1v) is 6.47. The lowest BCUT2D eigenvalue weighted by atomic mass is 9.80. The van der Waals surface area contributed by atoms with E-state index >= 15 is 0 Å². The van der Waals surface area contributed by atoms with Crippen molar-refractivity contribution in [1.29, 1.82) is 0 Å². The maximum absolute atomic E-state index is 11.9. The molecule has 1 N–H and O–H groups in total. The second-order valence-corrected chi connectivity index (χ2v) is 5.14. The Morgan fingerprint density at radius 2 is 2.22 bits per heavy atom. The smallest absolute Gasteiger partial charge is 0.254 e. The zero-order valence-electron chi connectivity index (χ0n) is 10.0. The van der Waals surface area contributed by atoms with Crippen molar-refractivity contribution in [2.24, 2.45) is 0 Å². The van der Waals surface area contributed by atoms with E-state index in [1.807, 2.05) is 0 Å². The summed E-state index contributed by atoms with van der Waals surface area (Å²) in [5, 5.41) is 3.20. The minimum absolute atomic E-state index is 0.111. The molecular weight excluding hydrogens is 275 g/mol. The molecule has 4 nitrogen and oxygen atoms in total. The highest BCUT2D eigenvalue weighted by Crippen LogP contribution is 2.34. The SMILES string of the molecule is COC1(CNC(=O)c2ccc(Cl)nc2Cl)CCC1. The van der Waals surface area contributed by atoms with Crippen LogP contribution < -0.4 is 5.32 Å². The highest BCUT2D eigenvalue weighted by molar-refractivity contribution is 6.34. The predicted octanol–water partition coefficient (Wildman–Crippen LogP) is 2.69. The number of hydrogen-bond donors (Lipinski definition) is 1. The zero-order chi connectivity index (χ0) is 13.2. The third-order valence-corrected chi connectivity index (χ3v) is 3.83. The number of hydrogen-bond acceptors (Lipinski definition) is 3. The van der Waals surface area contributed by atoms with Crippen molar-refractivity contribution in [3.63, 3.8) is 0 Å². The molecule has 1 aromatic rings. The number of amides is 1. The number of halogens is 2. The maximum Gasteiger partial charge on any atom is 0.254 e. The number of carbonyl (C=O) groups is 1. The molecule has 98 valence electrons. The van der Waals surface area contributed by atoms with Gasteiger partial charge < -0.3 is 10.1 Å². The molecule has 1 fully saturated rings. The van der Waals surface area contributed by atoms with Gasteiger partial charge in [-0.3, -0.25) is 4.79 Å². The molecular formula is C12H14Cl2N2O2. The number of aromatic nitrogens is 1. The van der Waals surface area contributed by atoms with Crippen molar-refractivity contribution < 1.29 is 9.53 Å². The van der Waals surface area contributed by atoms with Crippen molar-refractivity contribution in [3.05, 3.63) is 28.0 Å². The van der Waals surface area contributed by atoms with Gasteiger partial charge in [0.05, 0.1) is 11.2 Å². The molecule has 1 aliphatic rings. The predicted molar refractivity (Wildman–Crippen MR) is 70.2 cm³/mol. The molecule has 1 amide bonds. The third kappa shape index (κ3) is 2.76. The van der Waals surface area contributed by atoms with E-state index in [0.29, 0.717) is 12.1 Å². The molecule has 1 saturated carbocycles. The second-order valence-electron chi connectivity index (χ2n) is 4.40. The standard InChI is InChI=1S/C12H14Cl2N2O2/c1-18-12(5-2-6-12)7-15-11(17)8-3-4-9(13)16-10(8)14/h3-4H,2,5-7H2,1H3,(H,15,17). The number of nitrogens with one attached hydrogen (secondary N) is 1. The molecule has 6 heteroatoms. The maximum atomic E-state index is 11.9. The second kappa shape index (κ2) is 5.43. The molecule has 0 unspecified atom stereocenters. The van der Waals surface area contributed by atoms with Crippen LogP contribution in [0.25, 0.3) is 0 Å². The Labute approximate surface area is 116 Å². The van der Waals surface area contributed by atoms with Crippen LogP contribution in [0.4, 0.5) is 0 Å². The molecule has 1 heterocycles. The van der Waals surface area contributed by atoms with E-state index in [0.717, 1.165) is 19.3 Å². The highest BCUT2D eigenvalue weighted by Gasteiger charge is 2.37. The number of pyridine rings is 1. The normalized spacial score (nSPS) is 17.1. The van der Waals surface area contributed by atoms with Gasteiger partial charge in [-0.25, -0.2) is 4.98 Å². The van der Waals surface area contributed by atoms with E-state index in [1.54, 1.807) is 13.2 Å². The molecule has 0 aromatic carbocycles. The first-order chi connectivity index (χ1) is 8.56. The van der Waals surface area contributed by atoms with Gasteiger partial charge in [0.25, 0.3) is 5.91 Å². The Morgan fingerprint density at radius 1 is 1.50 bits per heavy atom. The van der Waals surface area contributed by atoms with E-state index in [9.17, 15) is 4.79 Å². The van der Waals surface area contributed by atoms with Gasteiger partial charge in [-0.15, -0.1) is 0 Å². The number of methoxy groups -OCH3 is 1. The van der Waals surface area contributed by atoms with Crippen LogP contribution in [-0.4, -0.2) is 30.1 Å². The molecule has 1 aromatic heterocycles. The Morgan fingerprint density at radius 3 is 2.72 bits per heavy atom. The number of ether oxygens (including phenoxy) is 1. The Hall–Kier alpha value is -0.840. The summed E-state index contributed by atoms with van der Waals surface area (Å²) in [6.45, 7) is 0.487. The lowest BCUT2D eigenvalue weighted by Gasteiger charge is -2.40. The summed E-state index contributed by atoms with van der Waals surface area (Å²) >= 11 is 11.5. The fraction of sp³-hybridized carbons (Fsp3) is 0.500. The van der Waals surface area contributed by atoms with Gasteiger partial charge in [0.2, 0.25) is 0 Å². The first kappa shape index (κ1) is 13.6. The topological polar surface area (TPSA) is 51.2 Å². The van der Waals surface area contributed by atoms with Gasteiger partial charge in [-0.05, 0) is 31.4 Å². The van der Waals surface area contributed by atoms with Crippen LogP contribution in [0, 0.1) is 0 Å². The van der Waals surface area contributed by atoms with Crippen LogP contribution in [-0.2, 0) is 4.74 Å². The molecule has 0 bridgehead atoms. The summed E-state index contributed by atoms with van der Waals surface area (Å²) in [6.07, 6.45) is 3.07. The Balaban J connectivity index is 1.99. The van der Waals surface area contributed by atoms with Crippen molar-refractivity contribution in [2.45, 2.75) is 24.9 Å². The Bertz CT molecular complexity index is 456. The average Bonchev–Trinajstić information content (AvgIpc) is 2.27. The van der Waals surface area contributed by atoms with Gasteiger partial charge in [0.1, 0.15) is 10.3 Å². The van der Waals surface area contributed by atoms with E-state index < -0.39 is 0 Å². The first-order valence-electron chi connectivity index (χ1n) is 5.72. The van der Waals surface area contributed by atoms with E-state index in [4.69, 9.17) is 27.9 Å².